The Balaban J connectivity index is 2.08. The van der Waals surface area contributed by atoms with Gasteiger partial charge in [0, 0.05) is 32.2 Å². The molecule has 24 heavy (non-hydrogen) atoms. The van der Waals surface area contributed by atoms with Crippen molar-refractivity contribution in [3.05, 3.63) is 35.4 Å². The summed E-state index contributed by atoms with van der Waals surface area (Å²) in [7, 11) is 0. The maximum absolute atomic E-state index is 10.0. The smallest absolute Gasteiger partial charge is 0.0628 e. The van der Waals surface area contributed by atoms with Gasteiger partial charge >= 0.3 is 0 Å². The van der Waals surface area contributed by atoms with Gasteiger partial charge in [-0.2, -0.15) is 0 Å². The largest absolute Gasteiger partial charge is 0.394 e. The predicted octanol–water partition coefficient (Wildman–Crippen LogP) is 3.68. The Kier molecular flexibility index (Phi) is 6.46. The van der Waals surface area contributed by atoms with E-state index < -0.39 is 0 Å². The third kappa shape index (κ3) is 4.81. The molecule has 0 aliphatic carbocycles. The molecular formula is C21H36N2O. The lowest BCUT2D eigenvalue weighted by atomic mass is 9.86. The van der Waals surface area contributed by atoms with Crippen LogP contribution < -0.4 is 0 Å². The van der Waals surface area contributed by atoms with E-state index in [1.54, 1.807) is 0 Å². The van der Waals surface area contributed by atoms with Gasteiger partial charge in [-0.1, -0.05) is 58.9 Å². The van der Waals surface area contributed by atoms with Crippen molar-refractivity contribution in [2.75, 3.05) is 32.8 Å². The molecule has 3 nitrogen and oxygen atoms in total. The van der Waals surface area contributed by atoms with Crippen LogP contribution in [0.2, 0.25) is 0 Å². The fourth-order valence-corrected chi connectivity index (χ4v) is 3.80. The molecule has 3 heteroatoms. The molecule has 0 amide bonds. The number of nitrogens with zero attached hydrogens (tertiary/aromatic N) is 2. The second-order valence-electron chi connectivity index (χ2n) is 8.81. The highest BCUT2D eigenvalue weighted by Crippen LogP contribution is 2.28. The second kappa shape index (κ2) is 7.99. The first-order chi connectivity index (χ1) is 11.2. The molecule has 1 aliphatic rings. The predicted molar refractivity (Wildman–Crippen MR) is 102 cm³/mol. The SMILES string of the molecule is CC(C)CN1CCN(C(CO)c2ccc(C(C)(C)C)cc2)C(C)C1. The molecule has 136 valence electrons. The highest BCUT2D eigenvalue weighted by atomic mass is 16.3. The van der Waals surface area contributed by atoms with Crippen LogP contribution in [0.1, 0.15) is 58.7 Å². The lowest BCUT2D eigenvalue weighted by Crippen LogP contribution is -2.54. The van der Waals surface area contributed by atoms with E-state index >= 15 is 0 Å². The molecule has 1 aromatic carbocycles. The molecule has 0 bridgehead atoms. The Morgan fingerprint density at radius 3 is 2.21 bits per heavy atom. The van der Waals surface area contributed by atoms with Crippen LogP contribution in [0.25, 0.3) is 0 Å². The Morgan fingerprint density at radius 2 is 1.75 bits per heavy atom. The Bertz CT molecular complexity index is 504. The van der Waals surface area contributed by atoms with E-state index in [0.29, 0.717) is 12.0 Å². The van der Waals surface area contributed by atoms with Crippen molar-refractivity contribution >= 4 is 0 Å². The number of benzene rings is 1. The van der Waals surface area contributed by atoms with Gasteiger partial charge in [-0.25, -0.2) is 0 Å². The molecule has 1 N–H and O–H groups in total. The number of hydrogen-bond donors (Lipinski definition) is 1. The van der Waals surface area contributed by atoms with Crippen molar-refractivity contribution in [3.63, 3.8) is 0 Å². The molecule has 2 atom stereocenters. The summed E-state index contributed by atoms with van der Waals surface area (Å²) in [4.78, 5) is 5.03. The summed E-state index contributed by atoms with van der Waals surface area (Å²) in [6.07, 6.45) is 0. The highest BCUT2D eigenvalue weighted by Gasteiger charge is 2.30. The quantitative estimate of drug-likeness (QED) is 0.891. The monoisotopic (exact) mass is 332 g/mol. The van der Waals surface area contributed by atoms with Crippen molar-refractivity contribution in [2.24, 2.45) is 5.92 Å². The lowest BCUT2D eigenvalue weighted by Gasteiger charge is -2.44. The number of aliphatic hydroxyl groups excluding tert-OH is 1. The number of aliphatic hydroxyl groups is 1. The van der Waals surface area contributed by atoms with E-state index in [1.807, 2.05) is 0 Å². The fourth-order valence-electron chi connectivity index (χ4n) is 3.80. The van der Waals surface area contributed by atoms with Crippen LogP contribution in [0.5, 0.6) is 0 Å². The number of rotatable bonds is 5. The zero-order valence-corrected chi connectivity index (χ0v) is 16.4. The molecule has 1 aliphatic heterocycles. The van der Waals surface area contributed by atoms with E-state index in [0.717, 1.165) is 19.6 Å². The van der Waals surface area contributed by atoms with Gasteiger partial charge in [0.15, 0.2) is 0 Å². The maximum atomic E-state index is 10.0. The molecule has 1 saturated heterocycles. The Labute approximate surface area is 148 Å². The summed E-state index contributed by atoms with van der Waals surface area (Å²) in [6.45, 7) is 18.1. The van der Waals surface area contributed by atoms with Gasteiger partial charge in [0.2, 0.25) is 0 Å². The molecule has 0 spiro atoms. The normalized spacial score (nSPS) is 22.1. The van der Waals surface area contributed by atoms with E-state index in [2.05, 4.69) is 75.6 Å². The van der Waals surface area contributed by atoms with Crippen molar-refractivity contribution in [1.29, 1.82) is 0 Å². The molecule has 2 rings (SSSR count). The van der Waals surface area contributed by atoms with E-state index in [4.69, 9.17) is 0 Å². The van der Waals surface area contributed by atoms with E-state index in [1.165, 1.54) is 17.7 Å². The molecular weight excluding hydrogens is 296 g/mol. The summed E-state index contributed by atoms with van der Waals surface area (Å²) in [5.74, 6) is 0.710. The van der Waals surface area contributed by atoms with E-state index in [9.17, 15) is 5.11 Å². The molecule has 1 heterocycles. The number of piperazine rings is 1. The summed E-state index contributed by atoms with van der Waals surface area (Å²) >= 11 is 0. The topological polar surface area (TPSA) is 26.7 Å². The van der Waals surface area contributed by atoms with Gasteiger partial charge in [0.1, 0.15) is 0 Å². The summed E-state index contributed by atoms with van der Waals surface area (Å²) < 4.78 is 0. The average molecular weight is 333 g/mol. The van der Waals surface area contributed by atoms with Crippen LogP contribution >= 0.6 is 0 Å². The van der Waals surface area contributed by atoms with Crippen molar-refractivity contribution in [2.45, 2.75) is 59.0 Å². The van der Waals surface area contributed by atoms with Crippen molar-refractivity contribution < 1.29 is 5.11 Å². The van der Waals surface area contributed by atoms with Crippen LogP contribution in [0, 0.1) is 5.92 Å². The number of hydrogen-bond acceptors (Lipinski definition) is 3. The zero-order valence-electron chi connectivity index (χ0n) is 16.4. The molecule has 0 radical (unpaired) electrons. The molecule has 1 aromatic rings. The second-order valence-corrected chi connectivity index (χ2v) is 8.81. The van der Waals surface area contributed by atoms with Gasteiger partial charge in [-0.05, 0) is 29.4 Å². The Hall–Kier alpha value is -0.900. The van der Waals surface area contributed by atoms with Crippen molar-refractivity contribution in [3.8, 4) is 0 Å². The van der Waals surface area contributed by atoms with Crippen LogP contribution in [0.3, 0.4) is 0 Å². The van der Waals surface area contributed by atoms with Crippen LogP contribution in [0.15, 0.2) is 24.3 Å². The van der Waals surface area contributed by atoms with Crippen LogP contribution in [-0.2, 0) is 5.41 Å². The van der Waals surface area contributed by atoms with Crippen molar-refractivity contribution in [1.82, 2.24) is 9.80 Å². The zero-order chi connectivity index (χ0) is 17.9. The first-order valence-electron chi connectivity index (χ1n) is 9.41. The highest BCUT2D eigenvalue weighted by molar-refractivity contribution is 5.29. The summed E-state index contributed by atoms with van der Waals surface area (Å²) in [5.41, 5.74) is 2.75. The molecule has 1 fully saturated rings. The minimum absolute atomic E-state index is 0.107. The van der Waals surface area contributed by atoms with Crippen LogP contribution in [0.4, 0.5) is 0 Å². The average Bonchev–Trinajstić information content (AvgIpc) is 2.49. The van der Waals surface area contributed by atoms with Gasteiger partial charge in [0.25, 0.3) is 0 Å². The Morgan fingerprint density at radius 1 is 1.12 bits per heavy atom. The standard InChI is InChI=1S/C21H36N2O/c1-16(2)13-22-11-12-23(17(3)14-22)20(15-24)18-7-9-19(10-8-18)21(4,5)6/h7-10,16-17,20,24H,11-15H2,1-6H3. The fraction of sp³-hybridized carbons (Fsp3) is 0.714. The van der Waals surface area contributed by atoms with Gasteiger partial charge < -0.3 is 10.0 Å². The third-order valence-electron chi connectivity index (χ3n) is 5.12. The van der Waals surface area contributed by atoms with Gasteiger partial charge in [0.05, 0.1) is 12.6 Å². The summed E-state index contributed by atoms with van der Waals surface area (Å²) in [5, 5.41) is 10.0. The maximum Gasteiger partial charge on any atom is 0.0628 e. The molecule has 0 saturated carbocycles. The minimum Gasteiger partial charge on any atom is -0.394 e. The van der Waals surface area contributed by atoms with Gasteiger partial charge in [-0.3, -0.25) is 4.90 Å². The third-order valence-corrected chi connectivity index (χ3v) is 5.12. The first kappa shape index (κ1) is 19.4. The van der Waals surface area contributed by atoms with Crippen LogP contribution in [-0.4, -0.2) is 53.7 Å². The lowest BCUT2D eigenvalue weighted by molar-refractivity contribution is 0.0215. The first-order valence-corrected chi connectivity index (χ1v) is 9.41. The summed E-state index contributed by atoms with van der Waals surface area (Å²) in [6, 6.07) is 9.42. The van der Waals surface area contributed by atoms with E-state index in [-0.39, 0.29) is 18.1 Å². The molecule has 0 aromatic heterocycles. The van der Waals surface area contributed by atoms with Gasteiger partial charge in [-0.15, -0.1) is 0 Å². The minimum atomic E-state index is 0.107. The molecule has 2 unspecified atom stereocenters.